The molecule has 0 saturated heterocycles. The van der Waals surface area contributed by atoms with Gasteiger partial charge >= 0.3 is 6.18 Å². The molecule has 10 nitrogen and oxygen atoms in total. The second kappa shape index (κ2) is 9.01. The molecule has 2 amide bonds. The molecule has 2 aromatic heterocycles. The lowest BCUT2D eigenvalue weighted by Gasteiger charge is -2.30. The monoisotopic (exact) mass is 491 g/mol. The SMILES string of the molecule is Cc1c(C(=O)C(=O)NC(C)(c2cn[nH]n2)C(F)(F)F)cn(C)c1C(=O)Nc1ccc(F)c(C#N)c1. The van der Waals surface area contributed by atoms with E-state index in [0.29, 0.717) is 6.92 Å². The summed E-state index contributed by atoms with van der Waals surface area (Å²) >= 11 is 0. The van der Waals surface area contributed by atoms with Crippen LogP contribution in [0.1, 0.15) is 44.6 Å². The van der Waals surface area contributed by atoms with Crippen molar-refractivity contribution in [2.45, 2.75) is 25.6 Å². The Morgan fingerprint density at radius 2 is 1.91 bits per heavy atom. The van der Waals surface area contributed by atoms with Crippen LogP contribution in [0.2, 0.25) is 0 Å². The van der Waals surface area contributed by atoms with Gasteiger partial charge in [0, 0.05) is 24.5 Å². The van der Waals surface area contributed by atoms with Crippen LogP contribution >= 0.6 is 0 Å². The molecule has 0 spiro atoms. The van der Waals surface area contributed by atoms with Crippen LogP contribution in [0.3, 0.4) is 0 Å². The predicted molar refractivity (Wildman–Crippen MR) is 111 cm³/mol. The normalized spacial score (nSPS) is 13.0. The van der Waals surface area contributed by atoms with Gasteiger partial charge in [-0.2, -0.15) is 33.8 Å². The van der Waals surface area contributed by atoms with Gasteiger partial charge in [0.1, 0.15) is 23.3 Å². The summed E-state index contributed by atoms with van der Waals surface area (Å²) in [6.07, 6.45) is -3.13. The summed E-state index contributed by atoms with van der Waals surface area (Å²) in [5.74, 6) is -4.44. The van der Waals surface area contributed by atoms with E-state index < -0.39 is 40.8 Å². The first-order valence-corrected chi connectivity index (χ1v) is 9.77. The van der Waals surface area contributed by atoms with Crippen LogP contribution < -0.4 is 10.6 Å². The number of nitrogens with zero attached hydrogens (tertiary/aromatic N) is 4. The van der Waals surface area contributed by atoms with Crippen molar-refractivity contribution < 1.29 is 31.9 Å². The molecule has 0 radical (unpaired) electrons. The Morgan fingerprint density at radius 1 is 1.23 bits per heavy atom. The number of nitrogens with one attached hydrogen (secondary N) is 3. The minimum absolute atomic E-state index is 0.0166. The van der Waals surface area contributed by atoms with Crippen LogP contribution in [-0.2, 0) is 17.4 Å². The van der Waals surface area contributed by atoms with Crippen molar-refractivity contribution in [3.8, 4) is 6.07 Å². The molecule has 0 saturated carbocycles. The number of H-pyrrole nitrogens is 1. The quantitative estimate of drug-likeness (QED) is 0.274. The smallest absolute Gasteiger partial charge is 0.346 e. The van der Waals surface area contributed by atoms with E-state index in [4.69, 9.17) is 5.26 Å². The van der Waals surface area contributed by atoms with Gasteiger partial charge in [0.2, 0.25) is 0 Å². The number of carbonyl (C=O) groups is 3. The Morgan fingerprint density at radius 3 is 2.49 bits per heavy atom. The van der Waals surface area contributed by atoms with Gasteiger partial charge in [-0.3, -0.25) is 14.4 Å². The second-order valence-electron chi connectivity index (χ2n) is 7.65. The van der Waals surface area contributed by atoms with Gasteiger partial charge in [0.25, 0.3) is 17.6 Å². The maximum Gasteiger partial charge on any atom is 0.417 e. The van der Waals surface area contributed by atoms with Crippen LogP contribution in [0.25, 0.3) is 0 Å². The summed E-state index contributed by atoms with van der Waals surface area (Å²) in [4.78, 5) is 38.1. The minimum atomic E-state index is -5.02. The van der Waals surface area contributed by atoms with Crippen LogP contribution in [0, 0.1) is 24.1 Å². The van der Waals surface area contributed by atoms with Gasteiger partial charge in [0.15, 0.2) is 5.54 Å². The van der Waals surface area contributed by atoms with Crippen molar-refractivity contribution in [3.63, 3.8) is 0 Å². The molecule has 182 valence electrons. The third-order valence-corrected chi connectivity index (χ3v) is 5.30. The first-order chi connectivity index (χ1) is 16.3. The highest BCUT2D eigenvalue weighted by molar-refractivity contribution is 6.43. The fraction of sp³-hybridized carbons (Fsp3) is 0.238. The molecule has 0 aliphatic carbocycles. The number of aryl methyl sites for hydroxylation is 1. The molecule has 3 aromatic rings. The number of halogens is 4. The Balaban J connectivity index is 1.87. The highest BCUT2D eigenvalue weighted by Crippen LogP contribution is 2.37. The van der Waals surface area contributed by atoms with Crippen molar-refractivity contribution in [3.05, 3.63) is 64.5 Å². The average molecular weight is 491 g/mol. The Hall–Kier alpha value is -4.54. The number of hydrogen-bond donors (Lipinski definition) is 3. The fourth-order valence-corrected chi connectivity index (χ4v) is 3.31. The molecule has 1 aromatic carbocycles. The van der Waals surface area contributed by atoms with Gasteiger partial charge in [-0.15, -0.1) is 0 Å². The van der Waals surface area contributed by atoms with Crippen LogP contribution in [0.15, 0.2) is 30.6 Å². The van der Waals surface area contributed by atoms with Gasteiger partial charge in [0.05, 0.1) is 11.8 Å². The molecule has 2 heterocycles. The van der Waals surface area contributed by atoms with E-state index in [-0.39, 0.29) is 28.1 Å². The molecule has 1 atom stereocenters. The standard InChI is InChI=1S/C21H17F4N7O3/c1-10-13(17(33)19(35)29-20(2,21(23,24)25)15-8-27-31-30-15)9-32(3)16(10)18(34)28-12-4-5-14(22)11(6-12)7-26/h4-6,8-9H,1-3H3,(H,28,34)(H,29,35)(H,27,30,31). The molecule has 35 heavy (non-hydrogen) atoms. The maximum absolute atomic E-state index is 13.7. The first-order valence-electron chi connectivity index (χ1n) is 9.77. The average Bonchev–Trinajstić information content (AvgIpc) is 3.42. The van der Waals surface area contributed by atoms with Gasteiger partial charge in [-0.1, -0.05) is 0 Å². The summed E-state index contributed by atoms with van der Waals surface area (Å²) in [6, 6.07) is 4.94. The molecule has 0 fully saturated rings. The first kappa shape index (κ1) is 25.1. The van der Waals surface area contributed by atoms with E-state index in [1.165, 1.54) is 24.6 Å². The molecule has 14 heteroatoms. The number of hydrogen-bond acceptors (Lipinski definition) is 6. The molecule has 0 aliphatic rings. The fourth-order valence-electron chi connectivity index (χ4n) is 3.31. The lowest BCUT2D eigenvalue weighted by Crippen LogP contribution is -2.55. The highest BCUT2D eigenvalue weighted by Gasteiger charge is 2.56. The van der Waals surface area contributed by atoms with E-state index in [0.717, 1.165) is 24.5 Å². The summed E-state index contributed by atoms with van der Waals surface area (Å²) in [5.41, 5.74) is -4.27. The number of benzene rings is 1. The topological polar surface area (TPSA) is 146 Å². The third-order valence-electron chi connectivity index (χ3n) is 5.30. The van der Waals surface area contributed by atoms with E-state index in [1.807, 2.05) is 5.21 Å². The van der Waals surface area contributed by atoms with Gasteiger partial charge in [-0.05, 0) is 37.6 Å². The number of rotatable bonds is 6. The summed E-state index contributed by atoms with van der Waals surface area (Å²) < 4.78 is 55.9. The number of amides is 2. The zero-order chi connectivity index (χ0) is 26.1. The van der Waals surface area contributed by atoms with E-state index in [1.54, 1.807) is 11.4 Å². The number of nitriles is 1. The van der Waals surface area contributed by atoms with E-state index in [2.05, 4.69) is 15.5 Å². The van der Waals surface area contributed by atoms with Crippen molar-refractivity contribution in [2.75, 3.05) is 5.32 Å². The number of Topliss-reactive ketones (excluding diaryl/α,β-unsaturated/α-hetero) is 1. The van der Waals surface area contributed by atoms with Crippen molar-refractivity contribution in [1.29, 1.82) is 5.26 Å². The number of carbonyl (C=O) groups excluding carboxylic acids is 3. The van der Waals surface area contributed by atoms with Crippen molar-refractivity contribution in [1.82, 2.24) is 25.3 Å². The van der Waals surface area contributed by atoms with E-state index in [9.17, 15) is 31.9 Å². The molecular formula is C21H17F4N7O3. The Bertz CT molecular complexity index is 1360. The Labute approximate surface area is 194 Å². The van der Waals surface area contributed by atoms with Gasteiger partial charge < -0.3 is 15.2 Å². The number of alkyl halides is 3. The van der Waals surface area contributed by atoms with Crippen molar-refractivity contribution >= 4 is 23.3 Å². The highest BCUT2D eigenvalue weighted by atomic mass is 19.4. The van der Waals surface area contributed by atoms with E-state index >= 15 is 0 Å². The Kier molecular flexibility index (Phi) is 6.46. The number of anilines is 1. The lowest BCUT2D eigenvalue weighted by atomic mass is 9.96. The number of ketones is 1. The molecule has 0 bridgehead atoms. The predicted octanol–water partition coefficient (Wildman–Crippen LogP) is 2.49. The molecule has 3 N–H and O–H groups in total. The molecule has 0 aliphatic heterocycles. The van der Waals surface area contributed by atoms with Gasteiger partial charge in [-0.25, -0.2) is 4.39 Å². The summed E-state index contributed by atoms with van der Waals surface area (Å²) in [5, 5.41) is 21.7. The molecule has 3 rings (SSSR count). The summed E-state index contributed by atoms with van der Waals surface area (Å²) in [7, 11) is 1.39. The second-order valence-corrected chi connectivity index (χ2v) is 7.65. The third kappa shape index (κ3) is 4.60. The zero-order valence-corrected chi connectivity index (χ0v) is 18.4. The molecule has 1 unspecified atom stereocenters. The zero-order valence-electron chi connectivity index (χ0n) is 18.4. The largest absolute Gasteiger partial charge is 0.417 e. The van der Waals surface area contributed by atoms with Crippen LogP contribution in [0.4, 0.5) is 23.2 Å². The lowest BCUT2D eigenvalue weighted by molar-refractivity contribution is -0.197. The minimum Gasteiger partial charge on any atom is -0.346 e. The molecular weight excluding hydrogens is 474 g/mol. The van der Waals surface area contributed by atoms with Crippen LogP contribution in [0.5, 0.6) is 0 Å². The van der Waals surface area contributed by atoms with Crippen molar-refractivity contribution in [2.24, 2.45) is 7.05 Å². The number of aromatic amines is 1. The maximum atomic E-state index is 13.7. The van der Waals surface area contributed by atoms with Crippen LogP contribution in [-0.4, -0.2) is 43.8 Å². The summed E-state index contributed by atoms with van der Waals surface area (Å²) in [6.45, 7) is 1.96. The number of aromatic nitrogens is 4.